The van der Waals surface area contributed by atoms with Crippen LogP contribution in [0.25, 0.3) is 0 Å². The first kappa shape index (κ1) is 22.7. The molecule has 0 aromatic heterocycles. The summed E-state index contributed by atoms with van der Waals surface area (Å²) in [5.74, 6) is 0.174. The molecule has 0 aromatic rings. The van der Waals surface area contributed by atoms with Crippen LogP contribution in [0.15, 0.2) is 0 Å². The summed E-state index contributed by atoms with van der Waals surface area (Å²) in [4.78, 5) is 13.7. The Labute approximate surface area is 155 Å². The number of rotatable bonds is 13. The van der Waals surface area contributed by atoms with Gasteiger partial charge in [0.1, 0.15) is 4.32 Å². The Bertz CT molecular complexity index is 425. The summed E-state index contributed by atoms with van der Waals surface area (Å²) in [6.07, 6.45) is 7.98. The minimum Gasteiger partial charge on any atom is -0.371 e. The molecule has 0 aliphatic carbocycles. The number of thiocarbonyl (C=S) groups is 1. The van der Waals surface area contributed by atoms with E-state index >= 15 is 0 Å². The second-order valence-corrected chi connectivity index (χ2v) is 7.12. The lowest BCUT2D eigenvalue weighted by molar-refractivity contribution is -0.128. The normalized spacial score (nSPS) is 9.79. The highest BCUT2D eigenvalue weighted by molar-refractivity contribution is 8.23. The Morgan fingerprint density at radius 1 is 1.08 bits per heavy atom. The largest absolute Gasteiger partial charge is 0.371 e. The quantitative estimate of drug-likeness (QED) is 0.395. The van der Waals surface area contributed by atoms with Gasteiger partial charge in [0.2, 0.25) is 5.91 Å². The van der Waals surface area contributed by atoms with Crippen LogP contribution in [0.5, 0.6) is 0 Å². The molecule has 1 amide bonds. The second kappa shape index (κ2) is 16.5. The maximum absolute atomic E-state index is 12.1. The fourth-order valence-corrected chi connectivity index (χ4v) is 3.02. The summed E-state index contributed by atoms with van der Waals surface area (Å²) in [5, 5.41) is 20.5. The van der Waals surface area contributed by atoms with Gasteiger partial charge in [-0.2, -0.15) is 10.5 Å². The number of nitrogens with one attached hydrogen (secondary N) is 1. The van der Waals surface area contributed by atoms with Crippen molar-refractivity contribution in [1.82, 2.24) is 10.2 Å². The van der Waals surface area contributed by atoms with Gasteiger partial charge in [-0.05, 0) is 6.42 Å². The van der Waals surface area contributed by atoms with Gasteiger partial charge in [0.25, 0.3) is 0 Å². The molecule has 0 radical (unpaired) electrons. The van der Waals surface area contributed by atoms with Gasteiger partial charge >= 0.3 is 0 Å². The van der Waals surface area contributed by atoms with E-state index in [-0.39, 0.29) is 24.5 Å². The molecule has 7 heteroatoms. The Morgan fingerprint density at radius 3 is 2.25 bits per heavy atom. The number of carbonyl (C=O) groups is 1. The fourth-order valence-electron chi connectivity index (χ4n) is 2.10. The molecule has 0 bridgehead atoms. The standard InChI is InChI=1S/C17H28N4OS2/c1-2-3-4-5-6-7-12-20-17(23)24-15-16(22)21(13-8-10-18)14-9-11-19/h2-9,12-15H2,1H3,(H,20,23). The van der Waals surface area contributed by atoms with E-state index in [1.54, 1.807) is 4.90 Å². The molecule has 0 rings (SSSR count). The van der Waals surface area contributed by atoms with Gasteiger partial charge in [-0.3, -0.25) is 4.79 Å². The first-order valence-electron chi connectivity index (χ1n) is 8.58. The zero-order chi connectivity index (χ0) is 18.0. The molecule has 134 valence electrons. The third-order valence-electron chi connectivity index (χ3n) is 3.47. The van der Waals surface area contributed by atoms with Gasteiger partial charge in [-0.15, -0.1) is 0 Å². The Hall–Kier alpha value is -1.31. The van der Waals surface area contributed by atoms with Gasteiger partial charge in [0, 0.05) is 19.6 Å². The summed E-state index contributed by atoms with van der Waals surface area (Å²) < 4.78 is 0.637. The highest BCUT2D eigenvalue weighted by Gasteiger charge is 2.13. The lowest BCUT2D eigenvalue weighted by atomic mass is 10.1. The second-order valence-electron chi connectivity index (χ2n) is 5.47. The lowest BCUT2D eigenvalue weighted by Gasteiger charge is -2.20. The monoisotopic (exact) mass is 368 g/mol. The van der Waals surface area contributed by atoms with E-state index in [0.717, 1.165) is 13.0 Å². The SMILES string of the molecule is CCCCCCCCNC(=S)SCC(=O)N(CCC#N)CCC#N. The highest BCUT2D eigenvalue weighted by atomic mass is 32.2. The Kier molecular flexibility index (Phi) is 15.6. The van der Waals surface area contributed by atoms with Crippen molar-refractivity contribution in [2.24, 2.45) is 0 Å². The van der Waals surface area contributed by atoms with Gasteiger partial charge < -0.3 is 10.2 Å². The highest BCUT2D eigenvalue weighted by Crippen LogP contribution is 2.07. The third-order valence-corrected chi connectivity index (χ3v) is 4.76. The summed E-state index contributed by atoms with van der Waals surface area (Å²) >= 11 is 6.54. The molecule has 0 spiro atoms. The Morgan fingerprint density at radius 2 is 1.67 bits per heavy atom. The summed E-state index contributed by atoms with van der Waals surface area (Å²) in [6, 6.07) is 4.05. The molecule has 0 aliphatic rings. The van der Waals surface area contributed by atoms with Gasteiger partial charge in [-0.25, -0.2) is 0 Å². The van der Waals surface area contributed by atoms with Crippen LogP contribution in [-0.2, 0) is 4.79 Å². The molecule has 1 N–H and O–H groups in total. The average molecular weight is 369 g/mol. The van der Waals surface area contributed by atoms with Crippen LogP contribution < -0.4 is 5.32 Å². The van der Waals surface area contributed by atoms with E-state index < -0.39 is 0 Å². The van der Waals surface area contributed by atoms with E-state index in [1.165, 1.54) is 43.9 Å². The van der Waals surface area contributed by atoms with Crippen LogP contribution in [0, 0.1) is 22.7 Å². The van der Waals surface area contributed by atoms with Gasteiger partial charge in [0.15, 0.2) is 0 Å². The van der Waals surface area contributed by atoms with Crippen LogP contribution in [0.3, 0.4) is 0 Å². The Balaban J connectivity index is 3.86. The van der Waals surface area contributed by atoms with E-state index in [4.69, 9.17) is 22.7 Å². The maximum atomic E-state index is 12.1. The molecule has 0 unspecified atom stereocenters. The van der Waals surface area contributed by atoms with Gasteiger partial charge in [0.05, 0.1) is 30.7 Å². The number of nitriles is 2. The van der Waals surface area contributed by atoms with E-state index in [0.29, 0.717) is 17.4 Å². The van der Waals surface area contributed by atoms with Crippen LogP contribution in [0.1, 0.15) is 58.3 Å². The summed E-state index contributed by atoms with van der Waals surface area (Å²) in [7, 11) is 0. The molecule has 0 aromatic carbocycles. The topological polar surface area (TPSA) is 79.9 Å². The minimum atomic E-state index is -0.0748. The number of carbonyl (C=O) groups excluding carboxylic acids is 1. The number of nitrogens with zero attached hydrogens (tertiary/aromatic N) is 3. The predicted octanol–water partition coefficient (Wildman–Crippen LogP) is 3.61. The molecule has 0 aliphatic heterocycles. The molecule has 24 heavy (non-hydrogen) atoms. The molecular formula is C17H28N4OS2. The first-order chi connectivity index (χ1) is 11.7. The number of hydrogen-bond donors (Lipinski definition) is 1. The van der Waals surface area contributed by atoms with Crippen LogP contribution in [-0.4, -0.2) is 40.5 Å². The minimum absolute atomic E-state index is 0.0748. The van der Waals surface area contributed by atoms with E-state index in [9.17, 15) is 4.79 Å². The summed E-state index contributed by atoms with van der Waals surface area (Å²) in [5.41, 5.74) is 0. The van der Waals surface area contributed by atoms with Crippen molar-refractivity contribution in [2.45, 2.75) is 58.3 Å². The number of amides is 1. The van der Waals surface area contributed by atoms with Crippen LogP contribution in [0.4, 0.5) is 0 Å². The molecule has 0 heterocycles. The third kappa shape index (κ3) is 13.2. The number of unbranched alkanes of at least 4 members (excludes halogenated alkanes) is 5. The van der Waals surface area contributed by atoms with Crippen LogP contribution in [0.2, 0.25) is 0 Å². The summed E-state index contributed by atoms with van der Waals surface area (Å²) in [6.45, 7) is 3.80. The van der Waals surface area contributed by atoms with Crippen molar-refractivity contribution in [3.63, 3.8) is 0 Å². The van der Waals surface area contributed by atoms with E-state index in [1.807, 2.05) is 12.1 Å². The zero-order valence-corrected chi connectivity index (χ0v) is 16.2. The lowest BCUT2D eigenvalue weighted by Crippen LogP contribution is -2.35. The van der Waals surface area contributed by atoms with Crippen molar-refractivity contribution in [2.75, 3.05) is 25.4 Å². The number of hydrogen-bond acceptors (Lipinski definition) is 5. The van der Waals surface area contributed by atoms with Crippen molar-refractivity contribution in [3.8, 4) is 12.1 Å². The molecule has 0 atom stereocenters. The van der Waals surface area contributed by atoms with Crippen molar-refractivity contribution in [1.29, 1.82) is 10.5 Å². The fraction of sp³-hybridized carbons (Fsp3) is 0.765. The first-order valence-corrected chi connectivity index (χ1v) is 9.97. The van der Waals surface area contributed by atoms with Crippen molar-refractivity contribution in [3.05, 3.63) is 0 Å². The molecule has 5 nitrogen and oxygen atoms in total. The molecule has 0 saturated heterocycles. The molecule has 0 saturated carbocycles. The smallest absolute Gasteiger partial charge is 0.233 e. The average Bonchev–Trinajstić information content (AvgIpc) is 2.59. The predicted molar refractivity (Wildman–Crippen MR) is 103 cm³/mol. The molecule has 0 fully saturated rings. The van der Waals surface area contributed by atoms with E-state index in [2.05, 4.69) is 12.2 Å². The van der Waals surface area contributed by atoms with Gasteiger partial charge in [-0.1, -0.05) is 63.0 Å². The van der Waals surface area contributed by atoms with Crippen molar-refractivity contribution >= 4 is 34.2 Å². The van der Waals surface area contributed by atoms with Crippen molar-refractivity contribution < 1.29 is 4.79 Å². The zero-order valence-electron chi connectivity index (χ0n) is 14.6. The number of thioether (sulfide) groups is 1. The molecular weight excluding hydrogens is 340 g/mol. The van der Waals surface area contributed by atoms with Crippen LogP contribution >= 0.6 is 24.0 Å². The maximum Gasteiger partial charge on any atom is 0.233 e.